The fraction of sp³-hybridized carbons (Fsp3) is 0.357. The first-order valence-electron chi connectivity index (χ1n) is 11.6. The van der Waals surface area contributed by atoms with E-state index >= 15 is 0 Å². The van der Waals surface area contributed by atoms with Gasteiger partial charge in [0.05, 0.1) is 0 Å². The van der Waals surface area contributed by atoms with Crippen molar-refractivity contribution < 1.29 is 9.47 Å². The first-order chi connectivity index (χ1) is 15.3. The molecular formula is C28H28O2S. The van der Waals surface area contributed by atoms with E-state index < -0.39 is 0 Å². The van der Waals surface area contributed by atoms with Crippen LogP contribution in [0.4, 0.5) is 0 Å². The van der Waals surface area contributed by atoms with E-state index in [1.807, 2.05) is 11.8 Å². The van der Waals surface area contributed by atoms with Gasteiger partial charge < -0.3 is 9.47 Å². The zero-order chi connectivity index (χ0) is 20.6. The van der Waals surface area contributed by atoms with Gasteiger partial charge in [0.15, 0.2) is 17.6 Å². The standard InChI is InChI=1S/C28H28O2S/c1-2-6-19-10-11-22(14-20(19)7-3-1)27-17-29-26-16-21(12-13-25(26)30-27)24-15-23-8-4-5-9-28(23)31-18-24/h4-5,8-14,16,24,27H,1-3,6-7,15,17-18H2. The van der Waals surface area contributed by atoms with Crippen LogP contribution in [0.15, 0.2) is 65.6 Å². The van der Waals surface area contributed by atoms with Crippen molar-refractivity contribution in [3.8, 4) is 11.5 Å². The zero-order valence-corrected chi connectivity index (χ0v) is 18.6. The van der Waals surface area contributed by atoms with Crippen molar-refractivity contribution in [3.63, 3.8) is 0 Å². The molecule has 2 heterocycles. The van der Waals surface area contributed by atoms with Crippen LogP contribution in [0, 0.1) is 0 Å². The molecule has 31 heavy (non-hydrogen) atoms. The Labute approximate surface area is 189 Å². The molecule has 0 saturated heterocycles. The monoisotopic (exact) mass is 428 g/mol. The summed E-state index contributed by atoms with van der Waals surface area (Å²) in [6.07, 6.45) is 7.44. The Morgan fingerprint density at radius 1 is 0.742 bits per heavy atom. The van der Waals surface area contributed by atoms with E-state index in [0.717, 1.165) is 23.7 Å². The number of fused-ring (bicyclic) bond motifs is 3. The lowest BCUT2D eigenvalue weighted by atomic mass is 9.92. The Morgan fingerprint density at radius 2 is 1.61 bits per heavy atom. The van der Waals surface area contributed by atoms with E-state index in [2.05, 4.69) is 60.7 Å². The van der Waals surface area contributed by atoms with Gasteiger partial charge in [0, 0.05) is 10.6 Å². The van der Waals surface area contributed by atoms with Crippen molar-refractivity contribution in [1.82, 2.24) is 0 Å². The number of aryl methyl sites for hydroxylation is 2. The predicted molar refractivity (Wildman–Crippen MR) is 127 cm³/mol. The van der Waals surface area contributed by atoms with E-state index in [4.69, 9.17) is 9.47 Å². The van der Waals surface area contributed by atoms with Crippen LogP contribution in [-0.2, 0) is 19.3 Å². The molecule has 2 nitrogen and oxygen atoms in total. The second kappa shape index (κ2) is 8.27. The predicted octanol–water partition coefficient (Wildman–Crippen LogP) is 6.90. The van der Waals surface area contributed by atoms with Gasteiger partial charge in [-0.25, -0.2) is 0 Å². The van der Waals surface area contributed by atoms with Crippen LogP contribution >= 0.6 is 11.8 Å². The third-order valence-electron chi connectivity index (χ3n) is 6.97. The van der Waals surface area contributed by atoms with Crippen LogP contribution in [0.25, 0.3) is 0 Å². The minimum absolute atomic E-state index is 0.0241. The molecule has 2 aliphatic heterocycles. The van der Waals surface area contributed by atoms with Crippen molar-refractivity contribution >= 4 is 11.8 Å². The molecule has 0 spiro atoms. The second-order valence-corrected chi connectivity index (χ2v) is 10.1. The molecule has 2 unspecified atom stereocenters. The number of hydrogen-bond donors (Lipinski definition) is 0. The second-order valence-electron chi connectivity index (χ2n) is 9.03. The van der Waals surface area contributed by atoms with Crippen molar-refractivity contribution in [2.75, 3.05) is 12.4 Å². The highest BCUT2D eigenvalue weighted by Gasteiger charge is 2.26. The van der Waals surface area contributed by atoms with Crippen LogP contribution in [-0.4, -0.2) is 12.4 Å². The molecule has 6 rings (SSSR count). The Morgan fingerprint density at radius 3 is 2.58 bits per heavy atom. The highest BCUT2D eigenvalue weighted by molar-refractivity contribution is 7.99. The molecule has 0 N–H and O–H groups in total. The zero-order valence-electron chi connectivity index (χ0n) is 17.8. The van der Waals surface area contributed by atoms with Gasteiger partial charge in [0.1, 0.15) is 6.61 Å². The summed E-state index contributed by atoms with van der Waals surface area (Å²) in [4.78, 5) is 1.43. The molecule has 2 atom stereocenters. The molecule has 0 radical (unpaired) electrons. The first-order valence-corrected chi connectivity index (χ1v) is 12.6. The van der Waals surface area contributed by atoms with Crippen LogP contribution in [0.1, 0.15) is 59.1 Å². The number of ether oxygens (including phenoxy) is 2. The normalized spacial score (nSPS) is 22.2. The van der Waals surface area contributed by atoms with E-state index in [1.165, 1.54) is 64.8 Å². The average Bonchev–Trinajstić information content (AvgIpc) is 3.08. The summed E-state index contributed by atoms with van der Waals surface area (Å²) in [6, 6.07) is 22.3. The molecule has 3 aromatic carbocycles. The molecular weight excluding hydrogens is 400 g/mol. The van der Waals surface area contributed by atoms with Crippen LogP contribution < -0.4 is 9.47 Å². The van der Waals surface area contributed by atoms with E-state index in [9.17, 15) is 0 Å². The van der Waals surface area contributed by atoms with Gasteiger partial charge in [0.25, 0.3) is 0 Å². The molecule has 3 heteroatoms. The topological polar surface area (TPSA) is 18.5 Å². The summed E-state index contributed by atoms with van der Waals surface area (Å²) in [5, 5.41) is 0. The maximum atomic E-state index is 6.41. The molecule has 3 aliphatic rings. The van der Waals surface area contributed by atoms with Gasteiger partial charge in [-0.05, 0) is 84.0 Å². The lowest BCUT2D eigenvalue weighted by Crippen LogP contribution is -2.22. The highest BCUT2D eigenvalue weighted by atomic mass is 32.2. The van der Waals surface area contributed by atoms with Crippen LogP contribution in [0.5, 0.6) is 11.5 Å². The molecule has 3 aromatic rings. The van der Waals surface area contributed by atoms with Gasteiger partial charge in [-0.1, -0.05) is 48.9 Å². The summed E-state index contributed by atoms with van der Waals surface area (Å²) in [6.45, 7) is 0.581. The summed E-state index contributed by atoms with van der Waals surface area (Å²) in [7, 11) is 0. The number of thioether (sulfide) groups is 1. The maximum Gasteiger partial charge on any atom is 0.162 e. The number of benzene rings is 3. The summed E-state index contributed by atoms with van der Waals surface area (Å²) >= 11 is 1.97. The van der Waals surface area contributed by atoms with Gasteiger partial charge >= 0.3 is 0 Å². The third kappa shape index (κ3) is 3.85. The lowest BCUT2D eigenvalue weighted by Gasteiger charge is -2.29. The van der Waals surface area contributed by atoms with Gasteiger partial charge in [-0.15, -0.1) is 11.8 Å². The lowest BCUT2D eigenvalue weighted by molar-refractivity contribution is 0.0911. The summed E-state index contributed by atoms with van der Waals surface area (Å²) in [5.74, 6) is 3.41. The fourth-order valence-corrected chi connectivity index (χ4v) is 6.38. The average molecular weight is 429 g/mol. The Balaban J connectivity index is 1.20. The minimum atomic E-state index is -0.0241. The molecule has 0 aromatic heterocycles. The minimum Gasteiger partial charge on any atom is -0.485 e. The smallest absolute Gasteiger partial charge is 0.162 e. The Kier molecular flexibility index (Phi) is 5.15. The molecule has 158 valence electrons. The molecule has 0 fully saturated rings. The largest absolute Gasteiger partial charge is 0.485 e. The Hall–Kier alpha value is -2.39. The number of hydrogen-bond acceptors (Lipinski definition) is 3. The first kappa shape index (κ1) is 19.3. The van der Waals surface area contributed by atoms with Gasteiger partial charge in [0.2, 0.25) is 0 Å². The van der Waals surface area contributed by atoms with Crippen LogP contribution in [0.3, 0.4) is 0 Å². The van der Waals surface area contributed by atoms with Crippen molar-refractivity contribution in [1.29, 1.82) is 0 Å². The molecule has 1 aliphatic carbocycles. The SMILES string of the molecule is c1ccc2c(c1)CC(c1ccc3c(c1)OCC(c1ccc4c(c1)CCCCC4)O3)CS2. The maximum absolute atomic E-state index is 6.41. The van der Waals surface area contributed by atoms with E-state index in [1.54, 1.807) is 0 Å². The van der Waals surface area contributed by atoms with E-state index in [0.29, 0.717) is 12.5 Å². The highest BCUT2D eigenvalue weighted by Crippen LogP contribution is 2.42. The summed E-state index contributed by atoms with van der Waals surface area (Å²) in [5.41, 5.74) is 7.09. The summed E-state index contributed by atoms with van der Waals surface area (Å²) < 4.78 is 12.6. The quantitative estimate of drug-likeness (QED) is 0.414. The number of rotatable bonds is 2. The third-order valence-corrected chi connectivity index (χ3v) is 8.25. The van der Waals surface area contributed by atoms with Gasteiger partial charge in [-0.2, -0.15) is 0 Å². The van der Waals surface area contributed by atoms with Crippen molar-refractivity contribution in [2.45, 2.75) is 55.4 Å². The van der Waals surface area contributed by atoms with Crippen molar-refractivity contribution in [3.05, 3.63) is 88.5 Å². The molecule has 0 bridgehead atoms. The molecule has 0 amide bonds. The van der Waals surface area contributed by atoms with Gasteiger partial charge in [-0.3, -0.25) is 0 Å². The van der Waals surface area contributed by atoms with Crippen molar-refractivity contribution in [2.24, 2.45) is 0 Å². The molecule has 0 saturated carbocycles. The fourth-order valence-electron chi connectivity index (χ4n) is 5.18. The van der Waals surface area contributed by atoms with Crippen LogP contribution in [0.2, 0.25) is 0 Å². The van der Waals surface area contributed by atoms with E-state index in [-0.39, 0.29) is 6.10 Å². The Bertz CT molecular complexity index is 1110.